The number of hydrogen-bond acceptors (Lipinski definition) is 4. The van der Waals surface area contributed by atoms with Gasteiger partial charge >= 0.3 is 0 Å². The van der Waals surface area contributed by atoms with Crippen LogP contribution in [0.3, 0.4) is 0 Å². The number of benzene rings is 1. The average molecular weight is 355 g/mol. The molecular weight excluding hydrogens is 339 g/mol. The van der Waals surface area contributed by atoms with E-state index in [1.807, 2.05) is 17.6 Å². The number of hydrogen-bond donors (Lipinski definition) is 1. The molecule has 1 aliphatic rings. The molecule has 0 spiro atoms. The summed E-state index contributed by atoms with van der Waals surface area (Å²) in [4.78, 5) is 14.5. The quantitative estimate of drug-likeness (QED) is 0.659. The Bertz CT molecular complexity index is 733. The minimum absolute atomic E-state index is 0.130. The first-order valence-electron chi connectivity index (χ1n) is 7.13. The van der Waals surface area contributed by atoms with Crippen LogP contribution in [-0.2, 0) is 0 Å². The van der Waals surface area contributed by atoms with Crippen molar-refractivity contribution in [3.05, 3.63) is 45.4 Å². The normalized spacial score (nSPS) is 16.8. The molecule has 116 valence electrons. The SMILES string of the molecule is NC1CCN(C=CC(=O)c2cc3ccsc3c(Cl)c2Cl)CC1. The van der Waals surface area contributed by atoms with Crippen molar-refractivity contribution in [2.24, 2.45) is 5.73 Å². The minimum atomic E-state index is -0.130. The number of allylic oxidation sites excluding steroid dienone is 1. The third kappa shape index (κ3) is 3.15. The highest BCUT2D eigenvalue weighted by Crippen LogP contribution is 2.37. The van der Waals surface area contributed by atoms with E-state index in [1.54, 1.807) is 12.1 Å². The third-order valence-corrected chi connectivity index (χ3v) is 5.83. The van der Waals surface area contributed by atoms with Crippen LogP contribution in [0.2, 0.25) is 10.0 Å². The molecule has 2 N–H and O–H groups in total. The summed E-state index contributed by atoms with van der Waals surface area (Å²) in [6.45, 7) is 1.76. The Morgan fingerprint density at radius 1 is 1.32 bits per heavy atom. The molecule has 1 aromatic heterocycles. The number of rotatable bonds is 3. The second kappa shape index (κ2) is 6.59. The lowest BCUT2D eigenvalue weighted by Crippen LogP contribution is -2.36. The Balaban J connectivity index is 1.81. The number of ketones is 1. The molecule has 3 nitrogen and oxygen atoms in total. The predicted octanol–water partition coefficient (Wildman–Crippen LogP) is 4.33. The lowest BCUT2D eigenvalue weighted by molar-refractivity contribution is 0.104. The van der Waals surface area contributed by atoms with Crippen molar-refractivity contribution in [3.8, 4) is 0 Å². The maximum Gasteiger partial charge on any atom is 0.188 e. The monoisotopic (exact) mass is 354 g/mol. The molecule has 1 fully saturated rings. The zero-order valence-corrected chi connectivity index (χ0v) is 14.2. The molecule has 1 aromatic carbocycles. The van der Waals surface area contributed by atoms with Gasteiger partial charge in [-0.3, -0.25) is 4.79 Å². The first-order chi connectivity index (χ1) is 10.6. The molecule has 0 bridgehead atoms. The molecule has 0 radical (unpaired) electrons. The Kier molecular flexibility index (Phi) is 4.73. The smallest absolute Gasteiger partial charge is 0.188 e. The van der Waals surface area contributed by atoms with Gasteiger partial charge in [0.1, 0.15) is 0 Å². The summed E-state index contributed by atoms with van der Waals surface area (Å²) in [5.41, 5.74) is 6.32. The maximum absolute atomic E-state index is 12.4. The highest BCUT2D eigenvalue weighted by atomic mass is 35.5. The van der Waals surface area contributed by atoms with Gasteiger partial charge < -0.3 is 10.6 Å². The Hall–Kier alpha value is -1.07. The van der Waals surface area contributed by atoms with Gasteiger partial charge in [0.05, 0.1) is 14.7 Å². The fraction of sp³-hybridized carbons (Fsp3) is 0.312. The first-order valence-corrected chi connectivity index (χ1v) is 8.77. The summed E-state index contributed by atoms with van der Waals surface area (Å²) in [5, 5.41) is 3.66. The topological polar surface area (TPSA) is 46.3 Å². The highest BCUT2D eigenvalue weighted by molar-refractivity contribution is 7.18. The van der Waals surface area contributed by atoms with Crippen molar-refractivity contribution >= 4 is 50.4 Å². The van der Waals surface area contributed by atoms with Crippen LogP contribution in [0.15, 0.2) is 29.8 Å². The molecule has 3 rings (SSSR count). The molecule has 6 heteroatoms. The molecular formula is C16H16Cl2N2OS. The van der Waals surface area contributed by atoms with Gasteiger partial charge in [-0.05, 0) is 35.7 Å². The fourth-order valence-corrected chi connectivity index (χ4v) is 4.02. The van der Waals surface area contributed by atoms with Gasteiger partial charge in [-0.15, -0.1) is 11.3 Å². The van der Waals surface area contributed by atoms with Gasteiger partial charge in [0.25, 0.3) is 0 Å². The molecule has 1 aliphatic heterocycles. The summed E-state index contributed by atoms with van der Waals surface area (Å²) in [6.07, 6.45) is 5.29. The van der Waals surface area contributed by atoms with Gasteiger partial charge in [-0.1, -0.05) is 23.2 Å². The molecule has 0 saturated carbocycles. The molecule has 0 aliphatic carbocycles. The van der Waals surface area contributed by atoms with Crippen LogP contribution >= 0.6 is 34.5 Å². The zero-order valence-electron chi connectivity index (χ0n) is 11.9. The summed E-state index contributed by atoms with van der Waals surface area (Å²) >= 11 is 14.0. The van der Waals surface area contributed by atoms with E-state index >= 15 is 0 Å². The van der Waals surface area contributed by atoms with Gasteiger partial charge in [0, 0.05) is 37.0 Å². The number of piperidine rings is 1. The van der Waals surface area contributed by atoms with E-state index in [0.717, 1.165) is 36.0 Å². The van der Waals surface area contributed by atoms with Crippen LogP contribution in [0.5, 0.6) is 0 Å². The van der Waals surface area contributed by atoms with Crippen LogP contribution in [0.1, 0.15) is 23.2 Å². The molecule has 1 saturated heterocycles. The van der Waals surface area contributed by atoms with Crippen molar-refractivity contribution in [2.75, 3.05) is 13.1 Å². The molecule has 0 unspecified atom stereocenters. The van der Waals surface area contributed by atoms with E-state index < -0.39 is 0 Å². The lowest BCUT2D eigenvalue weighted by Gasteiger charge is -2.28. The summed E-state index contributed by atoms with van der Waals surface area (Å²) in [6, 6.07) is 4.02. The van der Waals surface area contributed by atoms with Crippen molar-refractivity contribution < 1.29 is 4.79 Å². The number of thiophene rings is 1. The van der Waals surface area contributed by atoms with Crippen LogP contribution in [0.25, 0.3) is 10.1 Å². The van der Waals surface area contributed by atoms with Crippen molar-refractivity contribution in [1.29, 1.82) is 0 Å². The van der Waals surface area contributed by atoms with Gasteiger partial charge in [-0.2, -0.15) is 0 Å². The number of halogens is 2. The van der Waals surface area contributed by atoms with E-state index in [4.69, 9.17) is 28.9 Å². The van der Waals surface area contributed by atoms with E-state index in [-0.39, 0.29) is 11.8 Å². The minimum Gasteiger partial charge on any atom is -0.377 e. The number of carbonyl (C=O) groups excluding carboxylic acids is 1. The fourth-order valence-electron chi connectivity index (χ4n) is 2.56. The van der Waals surface area contributed by atoms with Crippen molar-refractivity contribution in [3.63, 3.8) is 0 Å². The van der Waals surface area contributed by atoms with E-state index in [2.05, 4.69) is 4.90 Å². The second-order valence-electron chi connectivity index (χ2n) is 5.44. The zero-order chi connectivity index (χ0) is 15.7. The van der Waals surface area contributed by atoms with Gasteiger partial charge in [0.15, 0.2) is 5.78 Å². The number of likely N-dealkylation sites (tertiary alicyclic amines) is 1. The van der Waals surface area contributed by atoms with Crippen LogP contribution in [0, 0.1) is 0 Å². The average Bonchev–Trinajstić information content (AvgIpc) is 2.98. The van der Waals surface area contributed by atoms with E-state index in [9.17, 15) is 4.79 Å². The van der Waals surface area contributed by atoms with Crippen LogP contribution in [-0.4, -0.2) is 29.8 Å². The van der Waals surface area contributed by atoms with E-state index in [1.165, 1.54) is 11.3 Å². The number of carbonyl (C=O) groups is 1. The molecule has 22 heavy (non-hydrogen) atoms. The summed E-state index contributed by atoms with van der Waals surface area (Å²) in [7, 11) is 0. The number of fused-ring (bicyclic) bond motifs is 1. The van der Waals surface area contributed by atoms with Crippen LogP contribution < -0.4 is 5.73 Å². The lowest BCUT2D eigenvalue weighted by atomic mass is 10.1. The summed E-state index contributed by atoms with van der Waals surface area (Å²) in [5.74, 6) is -0.130. The third-order valence-electron chi connectivity index (χ3n) is 3.90. The van der Waals surface area contributed by atoms with Gasteiger partial charge in [-0.25, -0.2) is 0 Å². The Morgan fingerprint density at radius 3 is 2.77 bits per heavy atom. The Labute approximate surface area is 143 Å². The Morgan fingerprint density at radius 2 is 2.05 bits per heavy atom. The molecule has 2 heterocycles. The maximum atomic E-state index is 12.4. The van der Waals surface area contributed by atoms with Crippen molar-refractivity contribution in [1.82, 2.24) is 4.90 Å². The highest BCUT2D eigenvalue weighted by Gasteiger charge is 2.16. The predicted molar refractivity (Wildman–Crippen MR) is 94.1 cm³/mol. The number of nitrogens with zero attached hydrogens (tertiary/aromatic N) is 1. The van der Waals surface area contributed by atoms with E-state index in [0.29, 0.717) is 15.6 Å². The molecule has 0 atom stereocenters. The standard InChI is InChI=1S/C16H16Cl2N2OS/c17-14-12(9-10-4-8-22-16(10)15(14)18)13(21)3-7-20-5-1-11(19)2-6-20/h3-4,7-9,11H,1-2,5-6,19H2. The molecule has 0 amide bonds. The number of nitrogens with two attached hydrogens (primary N) is 1. The van der Waals surface area contributed by atoms with Gasteiger partial charge in [0.2, 0.25) is 0 Å². The largest absolute Gasteiger partial charge is 0.377 e. The van der Waals surface area contributed by atoms with Crippen LogP contribution in [0.4, 0.5) is 0 Å². The second-order valence-corrected chi connectivity index (χ2v) is 7.12. The van der Waals surface area contributed by atoms with Crippen molar-refractivity contribution in [2.45, 2.75) is 18.9 Å². The molecule has 2 aromatic rings. The summed E-state index contributed by atoms with van der Waals surface area (Å²) < 4.78 is 0.914. The first kappa shape index (κ1) is 15.8.